The lowest BCUT2D eigenvalue weighted by molar-refractivity contribution is -0.143. The molecule has 0 unspecified atom stereocenters. The molecule has 0 aromatic heterocycles. The zero-order valence-corrected chi connectivity index (χ0v) is 10.4. The molecule has 2 heterocycles. The number of carbonyl (C=O) groups is 2. The Bertz CT molecular complexity index is 486. The van der Waals surface area contributed by atoms with Crippen LogP contribution in [0.15, 0.2) is 30.3 Å². The standard InChI is InChI=1S/C14H16N2O2/c1-10-13(17)15-9-5-8-12(15)14(18)16(10)11-6-3-2-4-7-11/h2-4,6-7,10,12H,5,8-9H2,1H3/t10-,12-/m0/s1. The highest BCUT2D eigenvalue weighted by Crippen LogP contribution is 2.30. The quantitative estimate of drug-likeness (QED) is 0.749. The van der Waals surface area contributed by atoms with E-state index in [-0.39, 0.29) is 17.9 Å². The second-order valence-corrected chi connectivity index (χ2v) is 4.91. The molecule has 3 rings (SSSR count). The Labute approximate surface area is 106 Å². The number of fused-ring (bicyclic) bond motifs is 1. The van der Waals surface area contributed by atoms with Gasteiger partial charge in [-0.15, -0.1) is 0 Å². The fourth-order valence-electron chi connectivity index (χ4n) is 2.93. The first-order valence-corrected chi connectivity index (χ1v) is 6.39. The number of piperazine rings is 1. The third-order valence-electron chi connectivity index (χ3n) is 3.84. The molecule has 0 bridgehead atoms. The summed E-state index contributed by atoms with van der Waals surface area (Å²) in [6.45, 7) is 2.53. The first kappa shape index (κ1) is 11.3. The molecule has 2 amide bonds. The van der Waals surface area contributed by atoms with Gasteiger partial charge in [0.2, 0.25) is 5.91 Å². The van der Waals surface area contributed by atoms with Crippen molar-refractivity contribution in [2.45, 2.75) is 31.8 Å². The zero-order chi connectivity index (χ0) is 12.7. The first-order valence-electron chi connectivity index (χ1n) is 6.39. The normalized spacial score (nSPS) is 27.6. The Morgan fingerprint density at radius 3 is 2.56 bits per heavy atom. The number of rotatable bonds is 1. The third-order valence-corrected chi connectivity index (χ3v) is 3.84. The van der Waals surface area contributed by atoms with Crippen LogP contribution in [0.1, 0.15) is 19.8 Å². The Balaban J connectivity index is 1.99. The van der Waals surface area contributed by atoms with E-state index in [0.717, 1.165) is 25.1 Å². The van der Waals surface area contributed by atoms with Crippen molar-refractivity contribution in [3.8, 4) is 0 Å². The Morgan fingerprint density at radius 1 is 1.11 bits per heavy atom. The summed E-state index contributed by atoms with van der Waals surface area (Å²) in [6.07, 6.45) is 1.72. The highest BCUT2D eigenvalue weighted by atomic mass is 16.2. The van der Waals surface area contributed by atoms with Crippen LogP contribution in [0.4, 0.5) is 5.69 Å². The second-order valence-electron chi connectivity index (χ2n) is 4.91. The van der Waals surface area contributed by atoms with Crippen molar-refractivity contribution in [1.29, 1.82) is 0 Å². The summed E-state index contributed by atoms with van der Waals surface area (Å²) in [5.74, 6) is 0.131. The molecule has 2 fully saturated rings. The monoisotopic (exact) mass is 244 g/mol. The minimum Gasteiger partial charge on any atom is -0.329 e. The maximum atomic E-state index is 12.5. The molecule has 2 atom stereocenters. The van der Waals surface area contributed by atoms with E-state index in [9.17, 15) is 9.59 Å². The molecule has 4 heteroatoms. The number of carbonyl (C=O) groups excluding carboxylic acids is 2. The largest absolute Gasteiger partial charge is 0.329 e. The van der Waals surface area contributed by atoms with E-state index in [0.29, 0.717) is 0 Å². The van der Waals surface area contributed by atoms with E-state index in [2.05, 4.69) is 0 Å². The summed E-state index contributed by atoms with van der Waals surface area (Å²) < 4.78 is 0. The van der Waals surface area contributed by atoms with Gasteiger partial charge in [0.1, 0.15) is 12.1 Å². The Morgan fingerprint density at radius 2 is 1.83 bits per heavy atom. The molecule has 2 saturated heterocycles. The number of anilines is 1. The highest BCUT2D eigenvalue weighted by molar-refractivity contribution is 6.08. The number of hydrogen-bond donors (Lipinski definition) is 0. The van der Waals surface area contributed by atoms with Gasteiger partial charge in [0, 0.05) is 12.2 Å². The van der Waals surface area contributed by atoms with Gasteiger partial charge in [0.15, 0.2) is 0 Å². The van der Waals surface area contributed by atoms with Crippen molar-refractivity contribution >= 4 is 17.5 Å². The predicted molar refractivity (Wildman–Crippen MR) is 68.1 cm³/mol. The molecular formula is C14H16N2O2. The fraction of sp³-hybridized carbons (Fsp3) is 0.429. The van der Waals surface area contributed by atoms with Crippen molar-refractivity contribution in [3.05, 3.63) is 30.3 Å². The molecule has 18 heavy (non-hydrogen) atoms. The van der Waals surface area contributed by atoms with Gasteiger partial charge in [0.05, 0.1) is 0 Å². The van der Waals surface area contributed by atoms with Gasteiger partial charge in [-0.25, -0.2) is 0 Å². The van der Waals surface area contributed by atoms with Crippen LogP contribution in [0.5, 0.6) is 0 Å². The lowest BCUT2D eigenvalue weighted by Gasteiger charge is -2.40. The number of benzene rings is 1. The third kappa shape index (κ3) is 1.52. The van der Waals surface area contributed by atoms with Crippen molar-refractivity contribution < 1.29 is 9.59 Å². The first-order chi connectivity index (χ1) is 8.70. The van der Waals surface area contributed by atoms with Gasteiger partial charge < -0.3 is 4.90 Å². The lowest BCUT2D eigenvalue weighted by Crippen LogP contribution is -2.62. The summed E-state index contributed by atoms with van der Waals surface area (Å²) in [6, 6.07) is 8.81. The number of nitrogens with zero attached hydrogens (tertiary/aromatic N) is 2. The van der Waals surface area contributed by atoms with Gasteiger partial charge >= 0.3 is 0 Å². The summed E-state index contributed by atoms with van der Waals surface area (Å²) in [5, 5.41) is 0. The topological polar surface area (TPSA) is 40.6 Å². The number of amides is 2. The molecule has 0 saturated carbocycles. The molecule has 2 aliphatic rings. The van der Waals surface area contributed by atoms with E-state index in [4.69, 9.17) is 0 Å². The lowest BCUT2D eigenvalue weighted by atomic mass is 10.1. The van der Waals surface area contributed by atoms with Gasteiger partial charge in [0.25, 0.3) is 5.91 Å². The van der Waals surface area contributed by atoms with Crippen molar-refractivity contribution in [3.63, 3.8) is 0 Å². The molecular weight excluding hydrogens is 228 g/mol. The highest BCUT2D eigenvalue weighted by Gasteiger charge is 2.46. The van der Waals surface area contributed by atoms with Gasteiger partial charge in [-0.05, 0) is 31.9 Å². The SMILES string of the molecule is C[C@H]1C(=O)N2CCC[C@H]2C(=O)N1c1ccccc1. The van der Waals surface area contributed by atoms with Crippen LogP contribution >= 0.6 is 0 Å². The van der Waals surface area contributed by atoms with Crippen LogP contribution in [0.25, 0.3) is 0 Å². The smallest absolute Gasteiger partial charge is 0.250 e. The molecule has 0 aliphatic carbocycles. The van der Waals surface area contributed by atoms with E-state index in [1.807, 2.05) is 37.3 Å². The molecule has 1 aromatic rings. The van der Waals surface area contributed by atoms with Crippen LogP contribution in [0, 0.1) is 0 Å². The minimum atomic E-state index is -0.394. The van der Waals surface area contributed by atoms with Gasteiger partial charge in [-0.2, -0.15) is 0 Å². The molecule has 0 N–H and O–H groups in total. The van der Waals surface area contributed by atoms with E-state index >= 15 is 0 Å². The van der Waals surface area contributed by atoms with E-state index in [1.165, 1.54) is 0 Å². The van der Waals surface area contributed by atoms with Crippen LogP contribution in [-0.4, -0.2) is 35.3 Å². The minimum absolute atomic E-state index is 0.0609. The average Bonchev–Trinajstić information content (AvgIpc) is 2.87. The second kappa shape index (κ2) is 4.12. The van der Waals surface area contributed by atoms with Crippen molar-refractivity contribution in [1.82, 2.24) is 4.90 Å². The Kier molecular flexibility index (Phi) is 2.58. The number of hydrogen-bond acceptors (Lipinski definition) is 2. The van der Waals surface area contributed by atoms with Crippen LogP contribution in [-0.2, 0) is 9.59 Å². The summed E-state index contributed by atoms with van der Waals surface area (Å²) >= 11 is 0. The molecule has 94 valence electrons. The van der Waals surface area contributed by atoms with E-state index < -0.39 is 6.04 Å². The predicted octanol–water partition coefficient (Wildman–Crippen LogP) is 1.41. The maximum Gasteiger partial charge on any atom is 0.250 e. The van der Waals surface area contributed by atoms with Crippen LogP contribution in [0.3, 0.4) is 0 Å². The zero-order valence-electron chi connectivity index (χ0n) is 10.4. The van der Waals surface area contributed by atoms with Crippen LogP contribution in [0.2, 0.25) is 0 Å². The van der Waals surface area contributed by atoms with Gasteiger partial charge in [-0.1, -0.05) is 18.2 Å². The maximum absolute atomic E-state index is 12.5. The molecule has 2 aliphatic heterocycles. The summed E-state index contributed by atoms with van der Waals surface area (Å²) in [5.41, 5.74) is 0.815. The van der Waals surface area contributed by atoms with Crippen molar-refractivity contribution in [2.24, 2.45) is 0 Å². The van der Waals surface area contributed by atoms with Gasteiger partial charge in [-0.3, -0.25) is 14.5 Å². The summed E-state index contributed by atoms with van der Waals surface area (Å²) in [4.78, 5) is 28.2. The molecule has 1 aromatic carbocycles. The average molecular weight is 244 g/mol. The van der Waals surface area contributed by atoms with E-state index in [1.54, 1.807) is 9.80 Å². The molecule has 4 nitrogen and oxygen atoms in total. The Hall–Kier alpha value is -1.84. The molecule has 0 spiro atoms. The fourth-order valence-corrected chi connectivity index (χ4v) is 2.93. The molecule has 0 radical (unpaired) electrons. The van der Waals surface area contributed by atoms with Crippen LogP contribution < -0.4 is 4.90 Å². The van der Waals surface area contributed by atoms with Crippen molar-refractivity contribution in [2.75, 3.05) is 11.4 Å². The summed E-state index contributed by atoms with van der Waals surface area (Å²) in [7, 11) is 0. The number of para-hydroxylation sites is 1.